The Bertz CT molecular complexity index is 1230. The lowest BCUT2D eigenvalue weighted by atomic mass is 10.1. The quantitative estimate of drug-likeness (QED) is 0.324. The van der Waals surface area contributed by atoms with Gasteiger partial charge in [0.2, 0.25) is 0 Å². The third-order valence-corrected chi connectivity index (χ3v) is 6.36. The van der Waals surface area contributed by atoms with Crippen LogP contribution in [-0.2, 0) is 6.54 Å². The second kappa shape index (κ2) is 10.0. The topological polar surface area (TPSA) is 64.5 Å². The molecular formula is C26H27N3O3S. The molecule has 0 spiro atoms. The first-order valence-corrected chi connectivity index (χ1v) is 11.8. The van der Waals surface area contributed by atoms with E-state index in [0.717, 1.165) is 15.8 Å². The summed E-state index contributed by atoms with van der Waals surface area (Å²) in [6.07, 6.45) is 3.49. The molecule has 33 heavy (non-hydrogen) atoms. The highest BCUT2D eigenvalue weighted by Crippen LogP contribution is 2.34. The molecule has 4 aromatic rings. The highest BCUT2D eigenvalue weighted by atomic mass is 32.1. The number of anilines is 1. The Balaban J connectivity index is 1.76. The molecule has 0 bridgehead atoms. The predicted molar refractivity (Wildman–Crippen MR) is 133 cm³/mol. The fourth-order valence-electron chi connectivity index (χ4n) is 3.52. The predicted octanol–water partition coefficient (Wildman–Crippen LogP) is 5.95. The summed E-state index contributed by atoms with van der Waals surface area (Å²) in [6.45, 7) is 9.34. The summed E-state index contributed by atoms with van der Waals surface area (Å²) in [6, 6.07) is 13.3. The Morgan fingerprint density at radius 3 is 2.48 bits per heavy atom. The molecule has 4 rings (SSSR count). The molecule has 1 amide bonds. The number of carbonyl (C=O) groups is 1. The van der Waals surface area contributed by atoms with Gasteiger partial charge in [-0.3, -0.25) is 14.7 Å². The summed E-state index contributed by atoms with van der Waals surface area (Å²) in [5.41, 5.74) is 4.71. The average molecular weight is 462 g/mol. The number of benzene rings is 2. The van der Waals surface area contributed by atoms with E-state index in [4.69, 9.17) is 14.5 Å². The Hall–Kier alpha value is -3.45. The van der Waals surface area contributed by atoms with Crippen molar-refractivity contribution in [1.82, 2.24) is 9.97 Å². The van der Waals surface area contributed by atoms with Crippen molar-refractivity contribution in [3.63, 3.8) is 0 Å². The molecule has 2 aromatic heterocycles. The zero-order valence-electron chi connectivity index (χ0n) is 19.3. The highest BCUT2D eigenvalue weighted by molar-refractivity contribution is 7.22. The number of carbonyl (C=O) groups excluding carboxylic acids is 1. The van der Waals surface area contributed by atoms with E-state index >= 15 is 0 Å². The number of thiazole rings is 1. The molecule has 6 nitrogen and oxygen atoms in total. The molecule has 0 aliphatic heterocycles. The highest BCUT2D eigenvalue weighted by Gasteiger charge is 2.23. The van der Waals surface area contributed by atoms with Gasteiger partial charge >= 0.3 is 0 Å². The lowest BCUT2D eigenvalue weighted by Crippen LogP contribution is -2.30. The van der Waals surface area contributed by atoms with Gasteiger partial charge in [-0.15, -0.1) is 0 Å². The standard InChI is InChI=1S/C26H27N3O3S/c1-5-31-22-10-9-20(14-23(22)32-6-2)25(30)29(16-19-8-7-11-27-15-19)26-28-21-12-17(3)18(4)13-24(21)33-26/h7-15H,5-6,16H2,1-4H3. The largest absolute Gasteiger partial charge is 0.490 e. The average Bonchev–Trinajstić information content (AvgIpc) is 3.21. The Morgan fingerprint density at radius 2 is 1.76 bits per heavy atom. The van der Waals surface area contributed by atoms with Gasteiger partial charge < -0.3 is 9.47 Å². The van der Waals surface area contributed by atoms with E-state index in [-0.39, 0.29) is 5.91 Å². The number of amides is 1. The number of rotatable bonds is 8. The number of fused-ring (bicyclic) bond motifs is 1. The number of hydrogen-bond acceptors (Lipinski definition) is 6. The second-order valence-corrected chi connectivity index (χ2v) is 8.69. The lowest BCUT2D eigenvalue weighted by Gasteiger charge is -2.21. The van der Waals surface area contributed by atoms with Gasteiger partial charge in [-0.25, -0.2) is 4.98 Å². The van der Waals surface area contributed by atoms with E-state index in [9.17, 15) is 4.79 Å². The molecule has 2 aromatic carbocycles. The van der Waals surface area contributed by atoms with Crippen molar-refractivity contribution >= 4 is 32.6 Å². The van der Waals surface area contributed by atoms with Crippen LogP contribution in [0.15, 0.2) is 54.9 Å². The molecule has 2 heterocycles. The van der Waals surface area contributed by atoms with E-state index in [1.165, 1.54) is 22.5 Å². The van der Waals surface area contributed by atoms with Crippen molar-refractivity contribution < 1.29 is 14.3 Å². The molecule has 0 saturated carbocycles. The van der Waals surface area contributed by atoms with E-state index in [2.05, 4.69) is 31.0 Å². The van der Waals surface area contributed by atoms with Crippen LogP contribution in [0.2, 0.25) is 0 Å². The fraction of sp³-hybridized carbons (Fsp3) is 0.269. The lowest BCUT2D eigenvalue weighted by molar-refractivity contribution is 0.0984. The van der Waals surface area contributed by atoms with Crippen LogP contribution in [-0.4, -0.2) is 29.1 Å². The third-order valence-electron chi connectivity index (χ3n) is 5.32. The summed E-state index contributed by atoms with van der Waals surface area (Å²) in [4.78, 5) is 24.5. The molecular weight excluding hydrogens is 434 g/mol. The van der Waals surface area contributed by atoms with Crippen LogP contribution in [0, 0.1) is 13.8 Å². The summed E-state index contributed by atoms with van der Waals surface area (Å²) in [7, 11) is 0. The molecule has 0 fully saturated rings. The number of aryl methyl sites for hydroxylation is 2. The van der Waals surface area contributed by atoms with Gasteiger partial charge in [-0.2, -0.15) is 0 Å². The first kappa shape index (κ1) is 22.7. The van der Waals surface area contributed by atoms with Gasteiger partial charge in [0.1, 0.15) is 0 Å². The van der Waals surface area contributed by atoms with Crippen LogP contribution in [0.1, 0.15) is 40.9 Å². The number of nitrogens with zero attached hydrogens (tertiary/aromatic N) is 3. The summed E-state index contributed by atoms with van der Waals surface area (Å²) in [5, 5.41) is 0.649. The summed E-state index contributed by atoms with van der Waals surface area (Å²) in [5.74, 6) is 1.03. The van der Waals surface area contributed by atoms with Crippen LogP contribution < -0.4 is 14.4 Å². The van der Waals surface area contributed by atoms with Crippen LogP contribution in [0.4, 0.5) is 5.13 Å². The van der Waals surface area contributed by atoms with Gasteiger partial charge in [-0.1, -0.05) is 17.4 Å². The summed E-state index contributed by atoms with van der Waals surface area (Å²) < 4.78 is 12.5. The van der Waals surface area contributed by atoms with Crippen molar-refractivity contribution in [3.05, 3.63) is 77.1 Å². The second-order valence-electron chi connectivity index (χ2n) is 7.68. The van der Waals surface area contributed by atoms with Gasteiger partial charge in [0, 0.05) is 18.0 Å². The molecule has 0 atom stereocenters. The minimum atomic E-state index is -0.157. The Kier molecular flexibility index (Phi) is 6.89. The van der Waals surface area contributed by atoms with Gasteiger partial charge in [0.25, 0.3) is 5.91 Å². The zero-order chi connectivity index (χ0) is 23.4. The maximum absolute atomic E-state index is 13.8. The minimum Gasteiger partial charge on any atom is -0.490 e. The molecule has 0 N–H and O–H groups in total. The fourth-order valence-corrected chi connectivity index (χ4v) is 4.57. The molecule has 0 unspecified atom stereocenters. The number of aromatic nitrogens is 2. The van der Waals surface area contributed by atoms with Crippen LogP contribution in [0.5, 0.6) is 11.5 Å². The third kappa shape index (κ3) is 4.98. The molecule has 0 radical (unpaired) electrons. The van der Waals surface area contributed by atoms with E-state index in [1.54, 1.807) is 35.5 Å². The zero-order valence-corrected chi connectivity index (χ0v) is 20.1. The minimum absolute atomic E-state index is 0.157. The van der Waals surface area contributed by atoms with Crippen LogP contribution in [0.3, 0.4) is 0 Å². The van der Waals surface area contributed by atoms with Gasteiger partial charge in [-0.05, 0) is 80.8 Å². The van der Waals surface area contributed by atoms with Crippen LogP contribution in [0.25, 0.3) is 10.2 Å². The Labute approximate surface area is 197 Å². The molecule has 170 valence electrons. The molecule has 7 heteroatoms. The first-order chi connectivity index (χ1) is 16.0. The van der Waals surface area contributed by atoms with Crippen molar-refractivity contribution in [1.29, 1.82) is 0 Å². The maximum atomic E-state index is 13.8. The van der Waals surface area contributed by atoms with Gasteiger partial charge in [0.05, 0.1) is 30.0 Å². The normalized spacial score (nSPS) is 10.9. The van der Waals surface area contributed by atoms with E-state index < -0.39 is 0 Å². The van der Waals surface area contributed by atoms with Crippen LogP contribution >= 0.6 is 11.3 Å². The summed E-state index contributed by atoms with van der Waals surface area (Å²) >= 11 is 1.51. The van der Waals surface area contributed by atoms with E-state index in [1.807, 2.05) is 26.0 Å². The molecule has 0 aliphatic carbocycles. The molecule has 0 saturated heterocycles. The van der Waals surface area contributed by atoms with Crippen molar-refractivity contribution in [3.8, 4) is 11.5 Å². The monoisotopic (exact) mass is 461 g/mol. The SMILES string of the molecule is CCOc1ccc(C(=O)N(Cc2cccnc2)c2nc3cc(C)c(C)cc3s2)cc1OCC. The van der Waals surface area contributed by atoms with Gasteiger partial charge in [0.15, 0.2) is 16.6 Å². The Morgan fingerprint density at radius 1 is 1.00 bits per heavy atom. The maximum Gasteiger partial charge on any atom is 0.260 e. The number of ether oxygens (including phenoxy) is 2. The smallest absolute Gasteiger partial charge is 0.260 e. The number of hydrogen-bond donors (Lipinski definition) is 0. The molecule has 0 aliphatic rings. The van der Waals surface area contributed by atoms with Crippen molar-refractivity contribution in [2.45, 2.75) is 34.2 Å². The first-order valence-electron chi connectivity index (χ1n) is 11.0. The number of pyridine rings is 1. The van der Waals surface area contributed by atoms with E-state index in [0.29, 0.717) is 42.0 Å². The van der Waals surface area contributed by atoms with Crippen molar-refractivity contribution in [2.75, 3.05) is 18.1 Å². The van der Waals surface area contributed by atoms with Crippen molar-refractivity contribution in [2.24, 2.45) is 0 Å².